The molecule has 1 aliphatic carbocycles. The first kappa shape index (κ1) is 12.6. The lowest BCUT2D eigenvalue weighted by molar-refractivity contribution is -0.118. The van der Waals surface area contributed by atoms with E-state index in [1.165, 1.54) is 0 Å². The minimum absolute atomic E-state index is 0.0829. The van der Waals surface area contributed by atoms with Crippen molar-refractivity contribution in [1.29, 1.82) is 0 Å². The maximum absolute atomic E-state index is 11.9. The van der Waals surface area contributed by atoms with Crippen LogP contribution in [0.25, 0.3) is 10.2 Å². The van der Waals surface area contributed by atoms with Crippen molar-refractivity contribution in [2.24, 2.45) is 5.73 Å². The molecule has 2 aromatic rings. The van der Waals surface area contributed by atoms with E-state index >= 15 is 0 Å². The quantitative estimate of drug-likeness (QED) is 0.905. The minimum atomic E-state index is -0.633. The van der Waals surface area contributed by atoms with Gasteiger partial charge in [-0.05, 0) is 31.0 Å². The Balaban J connectivity index is 1.86. The number of fused-ring (bicyclic) bond motifs is 1. The third kappa shape index (κ3) is 2.35. The summed E-state index contributed by atoms with van der Waals surface area (Å²) in [5, 5.41) is 4.01. The molecule has 1 fully saturated rings. The van der Waals surface area contributed by atoms with Gasteiger partial charge in [0.15, 0.2) is 0 Å². The van der Waals surface area contributed by atoms with Gasteiger partial charge >= 0.3 is 0 Å². The second-order valence-corrected chi connectivity index (χ2v) is 6.56. The SMILES string of the molecule is CC(C)c1nc2ccc(NC(=O)C3(N)CC3)cc2s1. The van der Waals surface area contributed by atoms with Crippen molar-refractivity contribution in [3.63, 3.8) is 0 Å². The van der Waals surface area contributed by atoms with Gasteiger partial charge in [0.25, 0.3) is 0 Å². The van der Waals surface area contributed by atoms with E-state index in [1.54, 1.807) is 11.3 Å². The minimum Gasteiger partial charge on any atom is -0.324 e. The lowest BCUT2D eigenvalue weighted by Crippen LogP contribution is -2.37. The summed E-state index contributed by atoms with van der Waals surface area (Å²) in [4.78, 5) is 16.5. The number of carbonyl (C=O) groups excluding carboxylic acids is 1. The number of amides is 1. The number of benzene rings is 1. The summed E-state index contributed by atoms with van der Waals surface area (Å²) in [5.41, 5.74) is 7.03. The molecule has 0 bridgehead atoms. The third-order valence-electron chi connectivity index (χ3n) is 3.40. The van der Waals surface area contributed by atoms with Crippen molar-refractivity contribution >= 4 is 33.1 Å². The fraction of sp³-hybridized carbons (Fsp3) is 0.429. The number of thiazole rings is 1. The van der Waals surface area contributed by atoms with Gasteiger partial charge in [-0.15, -0.1) is 11.3 Å². The maximum atomic E-state index is 11.9. The van der Waals surface area contributed by atoms with Crippen molar-refractivity contribution in [3.8, 4) is 0 Å². The zero-order chi connectivity index (χ0) is 13.6. The summed E-state index contributed by atoms with van der Waals surface area (Å²) in [7, 11) is 0. The first-order chi connectivity index (χ1) is 8.98. The Kier molecular flexibility index (Phi) is 2.83. The second kappa shape index (κ2) is 4.28. The number of hydrogen-bond donors (Lipinski definition) is 2. The Morgan fingerprint density at radius 1 is 1.47 bits per heavy atom. The lowest BCUT2D eigenvalue weighted by Gasteiger charge is -2.09. The molecule has 1 amide bonds. The first-order valence-corrected chi connectivity index (χ1v) is 7.30. The molecule has 0 saturated heterocycles. The molecule has 100 valence electrons. The molecule has 1 aliphatic rings. The van der Waals surface area contributed by atoms with Crippen LogP contribution in [-0.4, -0.2) is 16.4 Å². The van der Waals surface area contributed by atoms with Crippen LogP contribution in [0.2, 0.25) is 0 Å². The van der Waals surface area contributed by atoms with Crippen molar-refractivity contribution < 1.29 is 4.79 Å². The predicted molar refractivity (Wildman–Crippen MR) is 78.5 cm³/mol. The van der Waals surface area contributed by atoms with E-state index < -0.39 is 5.54 Å². The molecule has 19 heavy (non-hydrogen) atoms. The van der Waals surface area contributed by atoms with Crippen LogP contribution in [0.5, 0.6) is 0 Å². The second-order valence-electron chi connectivity index (χ2n) is 5.50. The Morgan fingerprint density at radius 2 is 2.21 bits per heavy atom. The van der Waals surface area contributed by atoms with Gasteiger partial charge < -0.3 is 11.1 Å². The first-order valence-electron chi connectivity index (χ1n) is 6.49. The van der Waals surface area contributed by atoms with Crippen LogP contribution in [0, 0.1) is 0 Å². The largest absolute Gasteiger partial charge is 0.324 e. The molecule has 0 aliphatic heterocycles. The van der Waals surface area contributed by atoms with Crippen LogP contribution in [0.3, 0.4) is 0 Å². The summed E-state index contributed by atoms with van der Waals surface area (Å²) in [5.74, 6) is 0.342. The van der Waals surface area contributed by atoms with Crippen molar-refractivity contribution in [3.05, 3.63) is 23.2 Å². The van der Waals surface area contributed by atoms with Crippen molar-refractivity contribution in [2.45, 2.75) is 38.1 Å². The molecule has 1 aromatic carbocycles. The Bertz CT molecular complexity index is 643. The third-order valence-corrected chi connectivity index (χ3v) is 4.72. The van der Waals surface area contributed by atoms with Crippen LogP contribution in [-0.2, 0) is 4.79 Å². The highest BCUT2D eigenvalue weighted by Gasteiger charge is 2.45. The number of anilines is 1. The molecule has 0 spiro atoms. The van der Waals surface area contributed by atoms with Gasteiger partial charge in [-0.25, -0.2) is 4.98 Å². The highest BCUT2D eigenvalue weighted by molar-refractivity contribution is 7.18. The van der Waals surface area contributed by atoms with Crippen molar-refractivity contribution in [1.82, 2.24) is 4.98 Å². The van der Waals surface area contributed by atoms with Crippen LogP contribution in [0.15, 0.2) is 18.2 Å². The lowest BCUT2D eigenvalue weighted by atomic mass is 10.2. The molecule has 0 radical (unpaired) electrons. The zero-order valence-corrected chi connectivity index (χ0v) is 11.9. The fourth-order valence-electron chi connectivity index (χ4n) is 1.88. The Labute approximate surface area is 116 Å². The molecule has 5 heteroatoms. The van der Waals surface area contributed by atoms with Gasteiger partial charge in [-0.2, -0.15) is 0 Å². The monoisotopic (exact) mass is 275 g/mol. The summed E-state index contributed by atoms with van der Waals surface area (Å²) in [6.45, 7) is 4.26. The molecule has 3 rings (SSSR count). The molecule has 0 atom stereocenters. The molecule has 3 N–H and O–H groups in total. The molecule has 1 heterocycles. The number of nitrogens with one attached hydrogen (secondary N) is 1. The molecule has 1 saturated carbocycles. The Morgan fingerprint density at radius 3 is 2.84 bits per heavy atom. The highest BCUT2D eigenvalue weighted by atomic mass is 32.1. The standard InChI is InChI=1S/C14H17N3OS/c1-8(2)12-17-10-4-3-9(7-11(10)19-12)16-13(18)14(15)5-6-14/h3-4,7-8H,5-6,15H2,1-2H3,(H,16,18). The van der Waals surface area contributed by atoms with Crippen molar-refractivity contribution in [2.75, 3.05) is 5.32 Å². The molecule has 0 unspecified atom stereocenters. The van der Waals surface area contributed by atoms with Gasteiger partial charge in [0.05, 0.1) is 20.8 Å². The van der Waals surface area contributed by atoms with E-state index in [1.807, 2.05) is 18.2 Å². The van der Waals surface area contributed by atoms with Crippen LogP contribution in [0.1, 0.15) is 37.6 Å². The summed E-state index contributed by atoms with van der Waals surface area (Å²) in [6.07, 6.45) is 1.55. The summed E-state index contributed by atoms with van der Waals surface area (Å²) >= 11 is 1.68. The number of aromatic nitrogens is 1. The van der Waals surface area contributed by atoms with Gasteiger partial charge in [-0.3, -0.25) is 4.79 Å². The number of carbonyl (C=O) groups is 1. The number of hydrogen-bond acceptors (Lipinski definition) is 4. The van der Waals surface area contributed by atoms with E-state index in [0.29, 0.717) is 5.92 Å². The van der Waals surface area contributed by atoms with Gasteiger partial charge in [0.1, 0.15) is 0 Å². The summed E-state index contributed by atoms with van der Waals surface area (Å²) < 4.78 is 1.10. The van der Waals surface area contributed by atoms with Gasteiger partial charge in [0.2, 0.25) is 5.91 Å². The summed E-state index contributed by atoms with van der Waals surface area (Å²) in [6, 6.07) is 5.81. The molecular weight excluding hydrogens is 258 g/mol. The predicted octanol–water partition coefficient (Wildman–Crippen LogP) is 2.85. The average molecular weight is 275 g/mol. The Hall–Kier alpha value is -1.46. The maximum Gasteiger partial charge on any atom is 0.244 e. The van der Waals surface area contributed by atoms with E-state index in [9.17, 15) is 4.79 Å². The molecule has 1 aromatic heterocycles. The smallest absolute Gasteiger partial charge is 0.244 e. The van der Waals surface area contributed by atoms with E-state index in [0.717, 1.165) is 33.8 Å². The van der Waals surface area contributed by atoms with Crippen LogP contribution in [0.4, 0.5) is 5.69 Å². The molecular formula is C14H17N3OS. The zero-order valence-electron chi connectivity index (χ0n) is 11.1. The van der Waals surface area contributed by atoms with Crippen LogP contribution >= 0.6 is 11.3 Å². The number of nitrogens with two attached hydrogens (primary N) is 1. The highest BCUT2D eigenvalue weighted by Crippen LogP contribution is 2.34. The van der Waals surface area contributed by atoms with Gasteiger partial charge in [0, 0.05) is 11.6 Å². The van der Waals surface area contributed by atoms with E-state index in [2.05, 4.69) is 24.1 Å². The normalized spacial score (nSPS) is 16.8. The molecule has 4 nitrogen and oxygen atoms in total. The average Bonchev–Trinajstić information content (AvgIpc) is 2.97. The van der Waals surface area contributed by atoms with Crippen LogP contribution < -0.4 is 11.1 Å². The van der Waals surface area contributed by atoms with Gasteiger partial charge in [-0.1, -0.05) is 13.8 Å². The topological polar surface area (TPSA) is 68.0 Å². The number of rotatable bonds is 3. The van der Waals surface area contributed by atoms with E-state index in [-0.39, 0.29) is 5.91 Å². The van der Waals surface area contributed by atoms with E-state index in [4.69, 9.17) is 5.73 Å². The fourth-order valence-corrected chi connectivity index (χ4v) is 2.89. The number of nitrogens with zero attached hydrogens (tertiary/aromatic N) is 1.